The minimum Gasteiger partial charge on any atom is -0.497 e. The molecule has 174 valence electrons. The SMILES string of the molecule is COc1ccc(C(=O)Nc2ccc(OC(C)C3CNCCO3)c(-c3c(Cl)cnn3C)c2)cc1. The summed E-state index contributed by atoms with van der Waals surface area (Å²) in [4.78, 5) is 12.8. The highest BCUT2D eigenvalue weighted by molar-refractivity contribution is 6.33. The van der Waals surface area contributed by atoms with E-state index < -0.39 is 0 Å². The second-order valence-electron chi connectivity index (χ2n) is 7.79. The number of hydrogen-bond donors (Lipinski definition) is 2. The second kappa shape index (κ2) is 10.2. The van der Waals surface area contributed by atoms with Crippen molar-refractivity contribution in [2.45, 2.75) is 19.1 Å². The van der Waals surface area contributed by atoms with E-state index in [9.17, 15) is 4.79 Å². The molecule has 1 aromatic heterocycles. The zero-order valence-electron chi connectivity index (χ0n) is 18.8. The molecule has 0 saturated carbocycles. The fourth-order valence-electron chi connectivity index (χ4n) is 3.72. The number of carbonyl (C=O) groups is 1. The smallest absolute Gasteiger partial charge is 0.255 e. The molecule has 1 aliphatic heterocycles. The third kappa shape index (κ3) is 5.30. The summed E-state index contributed by atoms with van der Waals surface area (Å²) in [7, 11) is 3.40. The molecule has 1 amide bonds. The van der Waals surface area contributed by atoms with Gasteiger partial charge in [-0.15, -0.1) is 0 Å². The molecule has 3 aromatic rings. The van der Waals surface area contributed by atoms with Crippen LogP contribution in [0.15, 0.2) is 48.7 Å². The van der Waals surface area contributed by atoms with Gasteiger partial charge in [0, 0.05) is 37.0 Å². The van der Waals surface area contributed by atoms with Crippen molar-refractivity contribution in [1.82, 2.24) is 15.1 Å². The Balaban J connectivity index is 1.61. The van der Waals surface area contributed by atoms with Crippen LogP contribution in [0.5, 0.6) is 11.5 Å². The van der Waals surface area contributed by atoms with Crippen molar-refractivity contribution in [2.24, 2.45) is 7.05 Å². The van der Waals surface area contributed by atoms with Crippen molar-refractivity contribution in [3.05, 3.63) is 59.2 Å². The number of anilines is 1. The van der Waals surface area contributed by atoms with Crippen LogP contribution in [-0.2, 0) is 11.8 Å². The number of rotatable bonds is 7. The van der Waals surface area contributed by atoms with Gasteiger partial charge in [-0.1, -0.05) is 11.6 Å². The number of nitrogens with zero attached hydrogens (tertiary/aromatic N) is 2. The monoisotopic (exact) mass is 470 g/mol. The second-order valence-corrected chi connectivity index (χ2v) is 8.20. The lowest BCUT2D eigenvalue weighted by atomic mass is 10.1. The highest BCUT2D eigenvalue weighted by Gasteiger charge is 2.24. The molecule has 33 heavy (non-hydrogen) atoms. The van der Waals surface area contributed by atoms with E-state index in [0.717, 1.165) is 18.7 Å². The van der Waals surface area contributed by atoms with Gasteiger partial charge in [-0.2, -0.15) is 5.10 Å². The largest absolute Gasteiger partial charge is 0.497 e. The number of aryl methyl sites for hydroxylation is 1. The fraction of sp³-hybridized carbons (Fsp3) is 0.333. The van der Waals surface area contributed by atoms with Gasteiger partial charge in [-0.3, -0.25) is 9.48 Å². The first kappa shape index (κ1) is 23.1. The molecule has 0 bridgehead atoms. The number of morpholine rings is 1. The number of hydrogen-bond acceptors (Lipinski definition) is 6. The normalized spacial score (nSPS) is 16.8. The summed E-state index contributed by atoms with van der Waals surface area (Å²) in [5.41, 5.74) is 2.55. The number of nitrogens with one attached hydrogen (secondary N) is 2. The van der Waals surface area contributed by atoms with Crippen LogP contribution in [0.4, 0.5) is 5.69 Å². The van der Waals surface area contributed by atoms with E-state index in [0.29, 0.717) is 40.1 Å². The van der Waals surface area contributed by atoms with Gasteiger partial charge in [0.05, 0.1) is 30.6 Å². The van der Waals surface area contributed by atoms with Crippen LogP contribution in [0.2, 0.25) is 5.02 Å². The summed E-state index contributed by atoms with van der Waals surface area (Å²) in [5.74, 6) is 1.08. The molecule has 9 heteroatoms. The summed E-state index contributed by atoms with van der Waals surface area (Å²) < 4.78 is 19.0. The van der Waals surface area contributed by atoms with Crippen LogP contribution in [0, 0.1) is 0 Å². The zero-order chi connectivity index (χ0) is 23.4. The molecular formula is C24H27ClN4O4. The van der Waals surface area contributed by atoms with Crippen molar-refractivity contribution in [1.29, 1.82) is 0 Å². The Morgan fingerprint density at radius 2 is 2.09 bits per heavy atom. The molecule has 0 spiro atoms. The molecule has 2 atom stereocenters. The summed E-state index contributed by atoms with van der Waals surface area (Å²) >= 11 is 6.45. The van der Waals surface area contributed by atoms with Crippen LogP contribution in [0.1, 0.15) is 17.3 Å². The standard InChI is InChI=1S/C24H27ClN4O4/c1-15(22-14-26-10-11-32-22)33-21-9-6-17(12-19(21)23-20(25)13-27-29(23)2)28-24(30)16-4-7-18(31-3)8-5-16/h4-9,12-13,15,22,26H,10-11,14H2,1-3H3,(H,28,30). The minimum absolute atomic E-state index is 0.0666. The molecule has 2 N–H and O–H groups in total. The van der Waals surface area contributed by atoms with Gasteiger partial charge in [0.15, 0.2) is 0 Å². The van der Waals surface area contributed by atoms with Crippen molar-refractivity contribution >= 4 is 23.2 Å². The lowest BCUT2D eigenvalue weighted by Gasteiger charge is -2.29. The third-order valence-corrected chi connectivity index (χ3v) is 5.81. The van der Waals surface area contributed by atoms with Gasteiger partial charge < -0.3 is 24.8 Å². The Bertz CT molecular complexity index is 1090. The van der Waals surface area contributed by atoms with E-state index in [4.69, 9.17) is 25.8 Å². The van der Waals surface area contributed by atoms with Gasteiger partial charge >= 0.3 is 0 Å². The molecule has 0 aliphatic carbocycles. The third-order valence-electron chi connectivity index (χ3n) is 5.53. The molecular weight excluding hydrogens is 444 g/mol. The zero-order valence-corrected chi connectivity index (χ0v) is 19.6. The van der Waals surface area contributed by atoms with Crippen LogP contribution in [0.3, 0.4) is 0 Å². The Kier molecular flexibility index (Phi) is 7.17. The summed E-state index contributed by atoms with van der Waals surface area (Å²) in [6.45, 7) is 4.18. The number of aromatic nitrogens is 2. The summed E-state index contributed by atoms with van der Waals surface area (Å²) in [6, 6.07) is 12.4. The molecule has 1 aliphatic rings. The molecule has 2 heterocycles. The van der Waals surface area contributed by atoms with E-state index in [1.54, 1.807) is 48.3 Å². The Morgan fingerprint density at radius 1 is 1.30 bits per heavy atom. The maximum atomic E-state index is 12.8. The highest BCUT2D eigenvalue weighted by atomic mass is 35.5. The van der Waals surface area contributed by atoms with Gasteiger partial charge in [-0.05, 0) is 49.4 Å². The van der Waals surface area contributed by atoms with Crippen LogP contribution < -0.4 is 20.1 Å². The number of methoxy groups -OCH3 is 1. The maximum Gasteiger partial charge on any atom is 0.255 e. The van der Waals surface area contributed by atoms with Crippen molar-refractivity contribution < 1.29 is 19.0 Å². The molecule has 8 nitrogen and oxygen atoms in total. The molecule has 2 unspecified atom stereocenters. The van der Waals surface area contributed by atoms with Crippen LogP contribution in [0.25, 0.3) is 11.3 Å². The first-order chi connectivity index (χ1) is 16.0. The molecule has 1 fully saturated rings. The van der Waals surface area contributed by atoms with E-state index >= 15 is 0 Å². The lowest BCUT2D eigenvalue weighted by molar-refractivity contribution is -0.0348. The number of benzene rings is 2. The lowest BCUT2D eigenvalue weighted by Crippen LogP contribution is -2.46. The van der Waals surface area contributed by atoms with Crippen molar-refractivity contribution in [3.8, 4) is 22.8 Å². The Labute approximate surface area is 197 Å². The Hall–Kier alpha value is -3.07. The topological polar surface area (TPSA) is 86.6 Å². The van der Waals surface area contributed by atoms with Gasteiger partial charge in [0.25, 0.3) is 5.91 Å². The van der Waals surface area contributed by atoms with E-state index in [-0.39, 0.29) is 18.1 Å². The predicted molar refractivity (Wildman–Crippen MR) is 127 cm³/mol. The molecule has 4 rings (SSSR count). The van der Waals surface area contributed by atoms with Crippen LogP contribution >= 0.6 is 11.6 Å². The highest BCUT2D eigenvalue weighted by Crippen LogP contribution is 2.37. The van der Waals surface area contributed by atoms with Crippen molar-refractivity contribution in [3.63, 3.8) is 0 Å². The van der Waals surface area contributed by atoms with Gasteiger partial charge in [0.2, 0.25) is 0 Å². The molecule has 2 aromatic carbocycles. The predicted octanol–water partition coefficient (Wildman–Crippen LogP) is 3.76. The average molecular weight is 471 g/mol. The van der Waals surface area contributed by atoms with E-state index in [1.165, 1.54) is 0 Å². The minimum atomic E-state index is -0.233. The number of ether oxygens (including phenoxy) is 3. The van der Waals surface area contributed by atoms with E-state index in [1.807, 2.05) is 26.1 Å². The maximum absolute atomic E-state index is 12.8. The van der Waals surface area contributed by atoms with Crippen molar-refractivity contribution in [2.75, 3.05) is 32.1 Å². The Morgan fingerprint density at radius 3 is 2.73 bits per heavy atom. The number of halogens is 1. The number of carbonyl (C=O) groups excluding carboxylic acids is 1. The molecule has 1 saturated heterocycles. The van der Waals surface area contributed by atoms with E-state index in [2.05, 4.69) is 15.7 Å². The quantitative estimate of drug-likeness (QED) is 0.547. The summed E-state index contributed by atoms with van der Waals surface area (Å²) in [5, 5.41) is 11.0. The summed E-state index contributed by atoms with van der Waals surface area (Å²) in [6.07, 6.45) is 1.33. The van der Waals surface area contributed by atoms with Gasteiger partial charge in [-0.25, -0.2) is 0 Å². The number of amides is 1. The fourth-order valence-corrected chi connectivity index (χ4v) is 3.99. The molecule has 0 radical (unpaired) electrons. The van der Waals surface area contributed by atoms with Gasteiger partial charge in [0.1, 0.15) is 23.7 Å². The average Bonchev–Trinajstić information content (AvgIpc) is 3.18. The first-order valence-corrected chi connectivity index (χ1v) is 11.1. The van der Waals surface area contributed by atoms with Crippen LogP contribution in [-0.4, -0.2) is 54.7 Å². The first-order valence-electron chi connectivity index (χ1n) is 10.7.